The fourth-order valence-electron chi connectivity index (χ4n) is 2.38. The molecular weight excluding hydrogens is 215 g/mol. The Morgan fingerprint density at radius 2 is 2.18 bits per heavy atom. The van der Waals surface area contributed by atoms with Gasteiger partial charge in [0.25, 0.3) is 0 Å². The first kappa shape index (κ1) is 10.3. The number of rotatable bonds is 1. The van der Waals surface area contributed by atoms with Gasteiger partial charge in [0.1, 0.15) is 5.82 Å². The van der Waals surface area contributed by atoms with Crippen molar-refractivity contribution >= 4 is 5.69 Å². The molecule has 1 aliphatic rings. The summed E-state index contributed by atoms with van der Waals surface area (Å²) in [5.41, 5.74) is 3.05. The van der Waals surface area contributed by atoms with Gasteiger partial charge in [0.15, 0.2) is 0 Å². The average Bonchev–Trinajstić information content (AvgIpc) is 2.39. The van der Waals surface area contributed by atoms with Crippen LogP contribution in [0.1, 0.15) is 23.6 Å². The molecule has 1 N–H and O–H groups in total. The minimum Gasteiger partial charge on any atom is -0.385 e. The molecule has 86 valence electrons. The number of benzene rings is 1. The number of fused-ring (bicyclic) bond motifs is 1. The van der Waals surface area contributed by atoms with Gasteiger partial charge in [-0.3, -0.25) is 4.98 Å². The molecule has 0 spiro atoms. The first-order valence-corrected chi connectivity index (χ1v) is 5.79. The highest BCUT2D eigenvalue weighted by molar-refractivity contribution is 5.56. The molecule has 1 aromatic heterocycles. The topological polar surface area (TPSA) is 24.9 Å². The summed E-state index contributed by atoms with van der Waals surface area (Å²) in [7, 11) is 0. The Hall–Kier alpha value is -1.90. The molecule has 1 aromatic carbocycles. The molecule has 0 fully saturated rings. The van der Waals surface area contributed by atoms with Crippen LogP contribution in [0.2, 0.25) is 0 Å². The lowest BCUT2D eigenvalue weighted by atomic mass is 9.88. The van der Waals surface area contributed by atoms with E-state index in [4.69, 9.17) is 0 Å². The number of hydrogen-bond donors (Lipinski definition) is 1. The summed E-state index contributed by atoms with van der Waals surface area (Å²) in [6.07, 6.45) is 2.74. The van der Waals surface area contributed by atoms with E-state index in [-0.39, 0.29) is 11.7 Å². The summed E-state index contributed by atoms with van der Waals surface area (Å²) >= 11 is 0. The Balaban J connectivity index is 2.08. The zero-order valence-electron chi connectivity index (χ0n) is 9.36. The molecule has 0 amide bonds. The summed E-state index contributed by atoms with van der Waals surface area (Å²) in [6.45, 7) is 0.903. The van der Waals surface area contributed by atoms with Crippen LogP contribution in [0, 0.1) is 5.82 Å². The molecule has 0 saturated carbocycles. The fraction of sp³-hybridized carbons (Fsp3) is 0.214. The lowest BCUT2D eigenvalue weighted by molar-refractivity contribution is 0.617. The lowest BCUT2D eigenvalue weighted by Crippen LogP contribution is -2.18. The van der Waals surface area contributed by atoms with E-state index in [1.807, 2.05) is 18.2 Å². The maximum Gasteiger partial charge on any atom is 0.123 e. The number of anilines is 1. The van der Waals surface area contributed by atoms with E-state index in [0.29, 0.717) is 0 Å². The number of nitrogens with zero attached hydrogens (tertiary/aromatic N) is 1. The van der Waals surface area contributed by atoms with Crippen LogP contribution >= 0.6 is 0 Å². The molecule has 0 bridgehead atoms. The molecule has 2 heterocycles. The second-order valence-electron chi connectivity index (χ2n) is 4.25. The van der Waals surface area contributed by atoms with Crippen LogP contribution in [0.5, 0.6) is 0 Å². The summed E-state index contributed by atoms with van der Waals surface area (Å²) < 4.78 is 13.3. The minimum atomic E-state index is -0.187. The standard InChI is InChI=1S/C14H13FN2/c15-10-4-5-14-12(9-10)11(6-8-17-14)13-3-1-2-7-16-13/h1-5,7,9,11,17H,6,8H2. The molecule has 3 rings (SSSR count). The third kappa shape index (κ3) is 1.88. The minimum absolute atomic E-state index is 0.187. The van der Waals surface area contributed by atoms with Gasteiger partial charge in [-0.05, 0) is 42.3 Å². The summed E-state index contributed by atoms with van der Waals surface area (Å²) in [5.74, 6) is 0.0107. The predicted octanol–water partition coefficient (Wildman–Crippen LogP) is 3.17. The normalized spacial score (nSPS) is 18.3. The highest BCUT2D eigenvalue weighted by atomic mass is 19.1. The Labute approximate surface area is 99.5 Å². The van der Waals surface area contributed by atoms with Crippen molar-refractivity contribution in [2.24, 2.45) is 0 Å². The van der Waals surface area contributed by atoms with Crippen LogP contribution in [-0.2, 0) is 0 Å². The molecule has 0 saturated heterocycles. The van der Waals surface area contributed by atoms with Gasteiger partial charge in [0, 0.05) is 30.0 Å². The van der Waals surface area contributed by atoms with Crippen molar-refractivity contribution in [1.29, 1.82) is 0 Å². The molecule has 17 heavy (non-hydrogen) atoms. The number of halogens is 1. The van der Waals surface area contributed by atoms with Crippen LogP contribution < -0.4 is 5.32 Å². The fourth-order valence-corrected chi connectivity index (χ4v) is 2.38. The molecule has 2 nitrogen and oxygen atoms in total. The van der Waals surface area contributed by atoms with Gasteiger partial charge in [-0.25, -0.2) is 4.39 Å². The molecule has 0 radical (unpaired) electrons. The Bertz CT molecular complexity index is 525. The van der Waals surface area contributed by atoms with E-state index in [1.165, 1.54) is 6.07 Å². The Morgan fingerprint density at radius 3 is 3.00 bits per heavy atom. The third-order valence-corrected chi connectivity index (χ3v) is 3.18. The van der Waals surface area contributed by atoms with Gasteiger partial charge in [0.05, 0.1) is 0 Å². The Morgan fingerprint density at radius 1 is 1.24 bits per heavy atom. The third-order valence-electron chi connectivity index (χ3n) is 3.18. The zero-order valence-corrected chi connectivity index (χ0v) is 9.36. The first-order chi connectivity index (χ1) is 8.34. The maximum absolute atomic E-state index is 13.3. The molecule has 1 aliphatic heterocycles. The second-order valence-corrected chi connectivity index (χ2v) is 4.25. The molecule has 1 unspecified atom stereocenters. The van der Waals surface area contributed by atoms with Gasteiger partial charge in [-0.15, -0.1) is 0 Å². The molecular formula is C14H13FN2. The predicted molar refractivity (Wildman–Crippen MR) is 65.6 cm³/mol. The average molecular weight is 228 g/mol. The molecule has 1 atom stereocenters. The Kier molecular flexibility index (Phi) is 2.52. The van der Waals surface area contributed by atoms with Gasteiger partial charge in [-0.1, -0.05) is 6.07 Å². The SMILES string of the molecule is Fc1ccc2c(c1)C(c1ccccn1)CCN2. The van der Waals surface area contributed by atoms with Crippen molar-refractivity contribution in [1.82, 2.24) is 4.98 Å². The zero-order chi connectivity index (χ0) is 11.7. The molecule has 0 aliphatic carbocycles. The first-order valence-electron chi connectivity index (χ1n) is 5.79. The summed E-state index contributed by atoms with van der Waals surface area (Å²) in [4.78, 5) is 4.38. The van der Waals surface area contributed by atoms with E-state index in [9.17, 15) is 4.39 Å². The van der Waals surface area contributed by atoms with Crippen LogP contribution in [0.4, 0.5) is 10.1 Å². The van der Waals surface area contributed by atoms with E-state index in [2.05, 4.69) is 10.3 Å². The highest BCUT2D eigenvalue weighted by Crippen LogP contribution is 2.35. The van der Waals surface area contributed by atoms with Crippen molar-refractivity contribution in [2.45, 2.75) is 12.3 Å². The second kappa shape index (κ2) is 4.17. The van der Waals surface area contributed by atoms with Crippen LogP contribution in [0.25, 0.3) is 0 Å². The van der Waals surface area contributed by atoms with Gasteiger partial charge >= 0.3 is 0 Å². The summed E-state index contributed by atoms with van der Waals surface area (Å²) in [6, 6.07) is 10.8. The lowest BCUT2D eigenvalue weighted by Gasteiger charge is -2.26. The van der Waals surface area contributed by atoms with E-state index in [0.717, 1.165) is 29.9 Å². The monoisotopic (exact) mass is 228 g/mol. The smallest absolute Gasteiger partial charge is 0.123 e. The number of hydrogen-bond acceptors (Lipinski definition) is 2. The highest BCUT2D eigenvalue weighted by Gasteiger charge is 2.22. The van der Waals surface area contributed by atoms with Gasteiger partial charge in [-0.2, -0.15) is 0 Å². The largest absolute Gasteiger partial charge is 0.385 e. The van der Waals surface area contributed by atoms with Crippen LogP contribution in [-0.4, -0.2) is 11.5 Å². The van der Waals surface area contributed by atoms with Crippen molar-refractivity contribution in [3.8, 4) is 0 Å². The van der Waals surface area contributed by atoms with Crippen LogP contribution in [0.15, 0.2) is 42.6 Å². The van der Waals surface area contributed by atoms with Crippen LogP contribution in [0.3, 0.4) is 0 Å². The van der Waals surface area contributed by atoms with Gasteiger partial charge in [0.2, 0.25) is 0 Å². The maximum atomic E-state index is 13.3. The quantitative estimate of drug-likeness (QED) is 0.811. The number of nitrogens with one attached hydrogen (secondary N) is 1. The van der Waals surface area contributed by atoms with Crippen molar-refractivity contribution in [3.63, 3.8) is 0 Å². The van der Waals surface area contributed by atoms with Crippen molar-refractivity contribution in [3.05, 3.63) is 59.7 Å². The van der Waals surface area contributed by atoms with E-state index < -0.39 is 0 Å². The van der Waals surface area contributed by atoms with E-state index in [1.54, 1.807) is 18.3 Å². The number of aromatic nitrogens is 1. The van der Waals surface area contributed by atoms with E-state index >= 15 is 0 Å². The molecule has 3 heteroatoms. The van der Waals surface area contributed by atoms with Crippen molar-refractivity contribution in [2.75, 3.05) is 11.9 Å². The number of pyridine rings is 1. The van der Waals surface area contributed by atoms with Gasteiger partial charge < -0.3 is 5.32 Å². The summed E-state index contributed by atoms with van der Waals surface area (Å²) in [5, 5.41) is 3.30. The van der Waals surface area contributed by atoms with Crippen molar-refractivity contribution < 1.29 is 4.39 Å². The molecule has 2 aromatic rings.